The van der Waals surface area contributed by atoms with Gasteiger partial charge in [-0.2, -0.15) is 0 Å². The van der Waals surface area contributed by atoms with E-state index in [1.54, 1.807) is 18.2 Å². The van der Waals surface area contributed by atoms with Crippen LogP contribution < -0.4 is 4.31 Å². The zero-order valence-electron chi connectivity index (χ0n) is 14.4. The van der Waals surface area contributed by atoms with Crippen LogP contribution in [0.15, 0.2) is 57.2 Å². The highest BCUT2D eigenvalue weighted by Crippen LogP contribution is 2.36. The number of hydrogen-bond donors (Lipinski definition) is 2. The zero-order valence-corrected chi connectivity index (χ0v) is 16.8. The van der Waals surface area contributed by atoms with E-state index in [-0.39, 0.29) is 17.3 Å². The predicted molar refractivity (Wildman–Crippen MR) is 106 cm³/mol. The second-order valence-electron chi connectivity index (χ2n) is 5.83. The Morgan fingerprint density at radius 1 is 1.29 bits per heavy atom. The molecule has 1 aromatic heterocycles. The fraction of sp³-hybridized carbons (Fsp3) is 0.118. The van der Waals surface area contributed by atoms with Crippen molar-refractivity contribution in [3.63, 3.8) is 0 Å². The lowest BCUT2D eigenvalue weighted by atomic mass is 10.2. The largest absolute Gasteiger partial charge is 0.493 e. The van der Waals surface area contributed by atoms with Crippen LogP contribution in [0.5, 0.6) is 5.88 Å². The normalized spacial score (nSPS) is 12.0. The fourth-order valence-electron chi connectivity index (χ4n) is 2.53. The molecule has 1 heterocycles. The van der Waals surface area contributed by atoms with Gasteiger partial charge in [0, 0.05) is 9.86 Å². The van der Waals surface area contributed by atoms with Crippen LogP contribution in [0.3, 0.4) is 0 Å². The Labute approximate surface area is 167 Å². The number of amides is 1. The molecule has 0 unspecified atom stereocenters. The Morgan fingerprint density at radius 3 is 2.68 bits per heavy atom. The summed E-state index contributed by atoms with van der Waals surface area (Å²) in [4.78, 5) is 14.9. The first-order valence-corrected chi connectivity index (χ1v) is 10.5. The second-order valence-corrected chi connectivity index (χ2v) is 8.65. The van der Waals surface area contributed by atoms with E-state index < -0.39 is 28.3 Å². The maximum absolute atomic E-state index is 14.0. The zero-order chi connectivity index (χ0) is 20.5. The number of halogens is 2. The first-order chi connectivity index (χ1) is 13.2. The molecule has 2 aromatic carbocycles. The average molecular weight is 469 g/mol. The summed E-state index contributed by atoms with van der Waals surface area (Å²) in [6.07, 6.45) is 0.854. The number of hydrogen-bond acceptors (Lipinski definition) is 5. The lowest BCUT2D eigenvalue weighted by molar-refractivity contribution is -0.116. The summed E-state index contributed by atoms with van der Waals surface area (Å²) in [6, 6.07) is 10.3. The lowest BCUT2D eigenvalue weighted by Gasteiger charge is -2.20. The van der Waals surface area contributed by atoms with Gasteiger partial charge in [0.05, 0.1) is 17.5 Å². The molecule has 8 nitrogen and oxygen atoms in total. The minimum Gasteiger partial charge on any atom is -0.493 e. The fourth-order valence-corrected chi connectivity index (χ4v) is 3.74. The van der Waals surface area contributed by atoms with Crippen LogP contribution >= 0.6 is 15.9 Å². The third-order valence-corrected chi connectivity index (χ3v) is 5.40. The first-order valence-electron chi connectivity index (χ1n) is 7.84. The molecule has 0 spiro atoms. The van der Waals surface area contributed by atoms with Crippen molar-refractivity contribution in [3.8, 4) is 5.88 Å². The van der Waals surface area contributed by atoms with Crippen molar-refractivity contribution in [2.24, 2.45) is 10.2 Å². The van der Waals surface area contributed by atoms with Crippen molar-refractivity contribution in [2.45, 2.75) is 0 Å². The average Bonchev–Trinajstić information content (AvgIpc) is 2.92. The number of nitrogens with one attached hydrogen (secondary N) is 1. The van der Waals surface area contributed by atoms with Crippen molar-refractivity contribution in [1.82, 2.24) is 4.98 Å². The molecule has 0 saturated carbocycles. The summed E-state index contributed by atoms with van der Waals surface area (Å²) >= 11 is 3.30. The second kappa shape index (κ2) is 7.68. The quantitative estimate of drug-likeness (QED) is 0.553. The van der Waals surface area contributed by atoms with Gasteiger partial charge in [0.25, 0.3) is 5.91 Å². The molecule has 28 heavy (non-hydrogen) atoms. The Bertz CT molecular complexity index is 1190. The van der Waals surface area contributed by atoms with Gasteiger partial charge in [0.15, 0.2) is 5.69 Å². The topological polar surface area (TPSA) is 115 Å². The number of rotatable bonds is 5. The summed E-state index contributed by atoms with van der Waals surface area (Å²) in [6.45, 7) is -0.740. The molecule has 3 aromatic rings. The number of carbonyl (C=O) groups excluding carboxylic acids is 1. The maximum Gasteiger partial charge on any atom is 0.285 e. The molecule has 0 fully saturated rings. The minimum atomic E-state index is -3.95. The lowest BCUT2D eigenvalue weighted by Crippen LogP contribution is -2.35. The highest BCUT2D eigenvalue weighted by atomic mass is 79.9. The molecule has 0 saturated heterocycles. The van der Waals surface area contributed by atoms with Gasteiger partial charge in [-0.05, 0) is 30.3 Å². The molecule has 0 bridgehead atoms. The molecule has 0 aliphatic heterocycles. The number of nitrogens with zero attached hydrogens (tertiary/aromatic N) is 3. The number of aromatic amines is 1. The van der Waals surface area contributed by atoms with Gasteiger partial charge in [0.1, 0.15) is 12.4 Å². The number of aromatic nitrogens is 1. The number of para-hydroxylation sites is 1. The van der Waals surface area contributed by atoms with Crippen LogP contribution in [-0.4, -0.2) is 37.2 Å². The third-order valence-electron chi connectivity index (χ3n) is 3.78. The van der Waals surface area contributed by atoms with E-state index in [9.17, 15) is 22.7 Å². The molecule has 1 amide bonds. The van der Waals surface area contributed by atoms with Gasteiger partial charge in [0.2, 0.25) is 15.9 Å². The van der Waals surface area contributed by atoms with E-state index in [0.717, 1.165) is 16.8 Å². The molecule has 0 aliphatic rings. The molecule has 0 radical (unpaired) electrons. The number of fused-ring (bicyclic) bond motifs is 1. The van der Waals surface area contributed by atoms with Gasteiger partial charge in [-0.1, -0.05) is 28.1 Å². The van der Waals surface area contributed by atoms with Crippen molar-refractivity contribution < 1.29 is 22.7 Å². The smallest absolute Gasteiger partial charge is 0.285 e. The monoisotopic (exact) mass is 468 g/mol. The summed E-state index contributed by atoms with van der Waals surface area (Å²) in [7, 11) is -3.95. The van der Waals surface area contributed by atoms with E-state index in [4.69, 9.17) is 0 Å². The molecule has 3 rings (SSSR count). The van der Waals surface area contributed by atoms with Gasteiger partial charge < -0.3 is 10.1 Å². The van der Waals surface area contributed by atoms with E-state index in [1.165, 1.54) is 18.2 Å². The van der Waals surface area contributed by atoms with Crippen LogP contribution in [-0.2, 0) is 14.8 Å². The Morgan fingerprint density at radius 2 is 2.00 bits per heavy atom. The summed E-state index contributed by atoms with van der Waals surface area (Å²) in [5.41, 5.74) is 0.333. The molecular weight excluding hydrogens is 455 g/mol. The number of H-pyrrole nitrogens is 1. The number of sulfonamides is 1. The standard InChI is InChI=1S/C17H14BrFN4O4S/c1-28(26,27)23(14-5-3-2-4-12(14)19)9-15(24)21-22-16-11-8-10(18)6-7-13(11)20-17(16)25/h2-8,20,25H,9H2,1H3. The van der Waals surface area contributed by atoms with Crippen LogP contribution in [0.1, 0.15) is 0 Å². The van der Waals surface area contributed by atoms with E-state index in [1.807, 2.05) is 0 Å². The van der Waals surface area contributed by atoms with E-state index in [2.05, 4.69) is 31.1 Å². The first kappa shape index (κ1) is 20.0. The van der Waals surface area contributed by atoms with Gasteiger partial charge in [-0.3, -0.25) is 9.10 Å². The van der Waals surface area contributed by atoms with E-state index >= 15 is 0 Å². The number of azo groups is 1. The SMILES string of the molecule is CS(=O)(=O)N(CC(=O)N=Nc1c(O)[nH]c2ccc(Br)cc12)c1ccccc1F. The molecular formula is C17H14BrFN4O4S. The van der Waals surface area contributed by atoms with Crippen molar-refractivity contribution in [3.05, 3.63) is 52.8 Å². The van der Waals surface area contributed by atoms with Crippen molar-refractivity contribution in [1.29, 1.82) is 0 Å². The van der Waals surface area contributed by atoms with Crippen molar-refractivity contribution >= 4 is 54.1 Å². The molecule has 0 atom stereocenters. The van der Waals surface area contributed by atoms with Crippen LogP contribution in [0.25, 0.3) is 10.9 Å². The molecule has 146 valence electrons. The number of aromatic hydroxyl groups is 1. The van der Waals surface area contributed by atoms with Crippen LogP contribution in [0.4, 0.5) is 15.8 Å². The molecule has 11 heteroatoms. The van der Waals surface area contributed by atoms with Crippen molar-refractivity contribution in [2.75, 3.05) is 17.1 Å². The van der Waals surface area contributed by atoms with Gasteiger partial charge in [-0.15, -0.1) is 10.2 Å². The van der Waals surface area contributed by atoms with Crippen LogP contribution in [0, 0.1) is 5.82 Å². The maximum atomic E-state index is 14.0. The predicted octanol–water partition coefficient (Wildman–Crippen LogP) is 3.85. The van der Waals surface area contributed by atoms with Crippen LogP contribution in [0.2, 0.25) is 0 Å². The Kier molecular flexibility index (Phi) is 5.47. The number of anilines is 1. The Hall–Kier alpha value is -2.79. The molecule has 2 N–H and O–H groups in total. The highest BCUT2D eigenvalue weighted by Gasteiger charge is 2.23. The number of carbonyl (C=O) groups is 1. The summed E-state index contributed by atoms with van der Waals surface area (Å²) in [5.74, 6) is -2.02. The van der Waals surface area contributed by atoms with Gasteiger partial charge in [-0.25, -0.2) is 12.8 Å². The summed E-state index contributed by atoms with van der Waals surface area (Å²) < 4.78 is 39.3. The van der Waals surface area contributed by atoms with E-state index in [0.29, 0.717) is 15.2 Å². The highest BCUT2D eigenvalue weighted by molar-refractivity contribution is 9.10. The Balaban J connectivity index is 1.89. The third kappa shape index (κ3) is 4.20. The molecule has 0 aliphatic carbocycles. The minimum absolute atomic E-state index is 0.0291. The summed E-state index contributed by atoms with van der Waals surface area (Å²) in [5, 5.41) is 17.7. The number of benzene rings is 2. The van der Waals surface area contributed by atoms with Gasteiger partial charge >= 0.3 is 0 Å².